The van der Waals surface area contributed by atoms with Crippen LogP contribution in [0.5, 0.6) is 0 Å². The molecule has 0 aromatic heterocycles. The number of thioether (sulfide) groups is 1. The normalized spacial score (nSPS) is 31.6. The Hall–Kier alpha value is -0.140. The van der Waals surface area contributed by atoms with Gasteiger partial charge < -0.3 is 4.90 Å². The summed E-state index contributed by atoms with van der Waals surface area (Å²) < 4.78 is 0. The molecule has 2 bridgehead atoms. The number of halogens is 1. The Balaban J connectivity index is 2.05. The summed E-state index contributed by atoms with van der Waals surface area (Å²) in [6.07, 6.45) is 1.17. The Morgan fingerprint density at radius 2 is 2.50 bits per heavy atom. The van der Waals surface area contributed by atoms with Crippen molar-refractivity contribution in [2.75, 3.05) is 12.3 Å². The van der Waals surface area contributed by atoms with E-state index >= 15 is 0 Å². The second kappa shape index (κ2) is 3.31. The van der Waals surface area contributed by atoms with E-state index in [-0.39, 0.29) is 5.91 Å². The van der Waals surface area contributed by atoms with Gasteiger partial charge in [-0.1, -0.05) is 0 Å². The lowest BCUT2D eigenvalue weighted by Gasteiger charge is -2.24. The van der Waals surface area contributed by atoms with Crippen LogP contribution in [-0.4, -0.2) is 34.4 Å². The number of likely N-dealkylation sites (tertiary alicyclic amines) is 1. The fraction of sp³-hybridized carbons (Fsp3) is 0.625. The summed E-state index contributed by atoms with van der Waals surface area (Å²) in [6.45, 7) is 0.899. The number of rotatable bonds is 0. The second-order valence-electron chi connectivity index (χ2n) is 3.02. The number of carbonyl (C=O) groups excluding carboxylic acids is 1. The average molecular weight is 246 g/mol. The zero-order valence-electron chi connectivity index (χ0n) is 6.42. The molecule has 2 rings (SSSR count). The van der Waals surface area contributed by atoms with Gasteiger partial charge in [0.15, 0.2) is 0 Å². The van der Waals surface area contributed by atoms with Gasteiger partial charge in [0.1, 0.15) is 0 Å². The predicted molar refractivity (Wildman–Crippen MR) is 53.1 cm³/mol. The molecule has 0 saturated carbocycles. The van der Waals surface area contributed by atoms with Gasteiger partial charge in [0, 0.05) is 45.4 Å². The van der Waals surface area contributed by atoms with Crippen molar-refractivity contribution in [3.63, 3.8) is 0 Å². The van der Waals surface area contributed by atoms with Gasteiger partial charge in [0.25, 0.3) is 5.91 Å². The van der Waals surface area contributed by atoms with Crippen molar-refractivity contribution >= 4 is 33.6 Å². The fourth-order valence-electron chi connectivity index (χ4n) is 1.76. The molecule has 2 saturated heterocycles. The predicted octanol–water partition coefficient (Wildman–Crippen LogP) is 1.06. The molecule has 2 unspecified atom stereocenters. The highest BCUT2D eigenvalue weighted by atomic mass is 79.9. The standard InChI is InChI=1S/C8H8BrNOS/c9-2-1-8(11)10-4-7-3-6(10)5-12-7/h6-7H,3-5H2. The van der Waals surface area contributed by atoms with E-state index in [1.54, 1.807) is 0 Å². The number of nitrogens with zero attached hydrogens (tertiary/aromatic N) is 1. The molecule has 0 aromatic carbocycles. The van der Waals surface area contributed by atoms with Crippen molar-refractivity contribution in [2.24, 2.45) is 0 Å². The topological polar surface area (TPSA) is 20.3 Å². The third kappa shape index (κ3) is 1.36. The summed E-state index contributed by atoms with van der Waals surface area (Å²) in [4.78, 5) is 15.7. The number of carbonyl (C=O) groups is 1. The van der Waals surface area contributed by atoms with Gasteiger partial charge in [-0.25, -0.2) is 0 Å². The number of hydrogen-bond donors (Lipinski definition) is 0. The van der Waals surface area contributed by atoms with Gasteiger partial charge in [-0.15, -0.1) is 0 Å². The summed E-state index contributed by atoms with van der Waals surface area (Å²) in [7, 11) is 0. The number of amides is 1. The molecule has 0 aliphatic carbocycles. The van der Waals surface area contributed by atoms with Crippen LogP contribution >= 0.6 is 27.7 Å². The maximum Gasteiger partial charge on any atom is 0.299 e. The average Bonchev–Trinajstić information content (AvgIpc) is 2.64. The summed E-state index contributed by atoms with van der Waals surface area (Å²) in [6, 6.07) is 0.459. The first-order valence-corrected chi connectivity index (χ1v) is 5.69. The zero-order valence-corrected chi connectivity index (χ0v) is 8.82. The van der Waals surface area contributed by atoms with Crippen LogP contribution in [0.2, 0.25) is 0 Å². The van der Waals surface area contributed by atoms with Crippen molar-refractivity contribution in [3.8, 4) is 10.8 Å². The second-order valence-corrected chi connectivity index (χ2v) is 4.75. The van der Waals surface area contributed by atoms with Crippen LogP contribution in [0.3, 0.4) is 0 Å². The Morgan fingerprint density at radius 1 is 1.67 bits per heavy atom. The lowest BCUT2D eigenvalue weighted by molar-refractivity contribution is -0.125. The lowest BCUT2D eigenvalue weighted by Crippen LogP contribution is -2.38. The van der Waals surface area contributed by atoms with Crippen molar-refractivity contribution in [2.45, 2.75) is 17.7 Å². The molecule has 4 heteroatoms. The van der Waals surface area contributed by atoms with E-state index in [9.17, 15) is 4.79 Å². The maximum absolute atomic E-state index is 11.3. The van der Waals surface area contributed by atoms with E-state index in [0.29, 0.717) is 11.3 Å². The highest BCUT2D eigenvalue weighted by molar-refractivity contribution is 9.12. The molecule has 0 radical (unpaired) electrons. The lowest BCUT2D eigenvalue weighted by atomic mass is 10.2. The highest BCUT2D eigenvalue weighted by Crippen LogP contribution is 2.37. The minimum atomic E-state index is -0.0281. The van der Waals surface area contributed by atoms with E-state index < -0.39 is 0 Å². The Bertz CT molecular complexity index is 270. The zero-order chi connectivity index (χ0) is 8.55. The molecule has 0 spiro atoms. The minimum Gasteiger partial charge on any atom is -0.327 e. The number of hydrogen-bond acceptors (Lipinski definition) is 2. The van der Waals surface area contributed by atoms with Crippen LogP contribution in [0, 0.1) is 10.8 Å². The van der Waals surface area contributed by atoms with E-state index in [0.717, 1.165) is 12.3 Å². The van der Waals surface area contributed by atoms with E-state index in [1.165, 1.54) is 6.42 Å². The van der Waals surface area contributed by atoms with Gasteiger partial charge in [-0.2, -0.15) is 11.8 Å². The Kier molecular flexibility index (Phi) is 2.33. The van der Waals surface area contributed by atoms with Crippen LogP contribution in [-0.2, 0) is 4.79 Å². The van der Waals surface area contributed by atoms with Gasteiger partial charge in [0.05, 0.1) is 0 Å². The van der Waals surface area contributed by atoms with Crippen LogP contribution in [0.1, 0.15) is 6.42 Å². The van der Waals surface area contributed by atoms with Gasteiger partial charge >= 0.3 is 0 Å². The molecule has 2 nitrogen and oxygen atoms in total. The first-order chi connectivity index (χ1) is 5.81. The molecule has 2 aliphatic rings. The van der Waals surface area contributed by atoms with Crippen molar-refractivity contribution in [1.82, 2.24) is 4.90 Å². The summed E-state index contributed by atoms with van der Waals surface area (Å²) in [5, 5.41) is 0.677. The van der Waals surface area contributed by atoms with Crippen molar-refractivity contribution in [1.29, 1.82) is 0 Å². The maximum atomic E-state index is 11.3. The highest BCUT2D eigenvalue weighted by Gasteiger charge is 2.40. The first kappa shape index (κ1) is 8.46. The van der Waals surface area contributed by atoms with Crippen LogP contribution in [0.4, 0.5) is 0 Å². The monoisotopic (exact) mass is 245 g/mol. The Labute approximate surface area is 84.2 Å². The summed E-state index contributed by atoms with van der Waals surface area (Å²) >= 11 is 4.91. The molecule has 12 heavy (non-hydrogen) atoms. The molecule has 0 N–H and O–H groups in total. The van der Waals surface area contributed by atoms with E-state index in [1.807, 2.05) is 16.7 Å². The van der Waals surface area contributed by atoms with Crippen LogP contribution < -0.4 is 0 Å². The van der Waals surface area contributed by atoms with Gasteiger partial charge in [0.2, 0.25) is 0 Å². The molecular formula is C8H8BrNOS. The molecule has 2 heterocycles. The fourth-order valence-corrected chi connectivity index (χ4v) is 3.36. The molecule has 2 fully saturated rings. The first-order valence-electron chi connectivity index (χ1n) is 3.85. The quantitative estimate of drug-likeness (QED) is 0.596. The summed E-state index contributed by atoms with van der Waals surface area (Å²) in [5.74, 6) is 3.59. The largest absolute Gasteiger partial charge is 0.327 e. The molecule has 1 amide bonds. The molecule has 2 aliphatic heterocycles. The summed E-state index contributed by atoms with van der Waals surface area (Å²) in [5.41, 5.74) is 0. The third-order valence-corrected chi connectivity index (χ3v) is 3.90. The minimum absolute atomic E-state index is 0.0281. The third-order valence-electron chi connectivity index (χ3n) is 2.32. The van der Waals surface area contributed by atoms with Crippen LogP contribution in [0.15, 0.2) is 0 Å². The van der Waals surface area contributed by atoms with Crippen molar-refractivity contribution < 1.29 is 4.79 Å². The van der Waals surface area contributed by atoms with E-state index in [4.69, 9.17) is 0 Å². The molecule has 2 atom stereocenters. The number of fused-ring (bicyclic) bond motifs is 2. The van der Waals surface area contributed by atoms with Crippen molar-refractivity contribution in [3.05, 3.63) is 0 Å². The Morgan fingerprint density at radius 3 is 3.00 bits per heavy atom. The van der Waals surface area contributed by atoms with Gasteiger partial charge in [-0.3, -0.25) is 4.79 Å². The van der Waals surface area contributed by atoms with E-state index in [2.05, 4.69) is 26.7 Å². The van der Waals surface area contributed by atoms with Gasteiger partial charge in [-0.05, 0) is 11.3 Å². The molecule has 0 aromatic rings. The van der Waals surface area contributed by atoms with Crippen LogP contribution in [0.25, 0.3) is 0 Å². The SMILES string of the molecule is O=C(C#CBr)N1CC2CC1CS2. The smallest absolute Gasteiger partial charge is 0.299 e. The molecule has 64 valence electrons. The molecular weight excluding hydrogens is 238 g/mol.